The smallest absolute Gasteiger partial charge is 0.0683 e. The highest BCUT2D eigenvalue weighted by molar-refractivity contribution is 4.91. The molecule has 0 saturated carbocycles. The number of hydrogen-bond acceptors (Lipinski definition) is 3. The largest absolute Gasteiger partial charge is 0.330 e. The van der Waals surface area contributed by atoms with E-state index >= 15 is 0 Å². The monoisotopic (exact) mass is 223 g/mol. The molecule has 3 heteroatoms. The van der Waals surface area contributed by atoms with Crippen LogP contribution in [0.1, 0.15) is 39.5 Å². The molecule has 1 aliphatic rings. The van der Waals surface area contributed by atoms with Crippen LogP contribution in [-0.2, 0) is 0 Å². The second-order valence-electron chi connectivity index (χ2n) is 5.64. The Bertz CT molecular complexity index is 242. The van der Waals surface area contributed by atoms with Gasteiger partial charge in [0.2, 0.25) is 0 Å². The van der Waals surface area contributed by atoms with E-state index in [2.05, 4.69) is 11.0 Å². The van der Waals surface area contributed by atoms with E-state index < -0.39 is 0 Å². The van der Waals surface area contributed by atoms with Crippen molar-refractivity contribution in [1.82, 2.24) is 4.90 Å². The van der Waals surface area contributed by atoms with Crippen LogP contribution in [0.4, 0.5) is 0 Å². The lowest BCUT2D eigenvalue weighted by molar-refractivity contribution is 0.306. The van der Waals surface area contributed by atoms with Crippen LogP contribution in [-0.4, -0.2) is 31.1 Å². The number of nitriles is 1. The quantitative estimate of drug-likeness (QED) is 0.701. The van der Waals surface area contributed by atoms with Crippen LogP contribution in [0.15, 0.2) is 0 Å². The Hall–Kier alpha value is -0.590. The third kappa shape index (κ3) is 4.51. The molecule has 0 spiro atoms. The molecular weight excluding hydrogens is 198 g/mol. The van der Waals surface area contributed by atoms with Crippen LogP contribution in [0, 0.1) is 22.7 Å². The van der Waals surface area contributed by atoms with Gasteiger partial charge in [-0.05, 0) is 58.7 Å². The van der Waals surface area contributed by atoms with Crippen molar-refractivity contribution in [1.29, 1.82) is 5.26 Å². The minimum Gasteiger partial charge on any atom is -0.330 e. The highest BCUT2D eigenvalue weighted by atomic mass is 15.1. The molecule has 0 aromatic rings. The van der Waals surface area contributed by atoms with Crippen molar-refractivity contribution >= 4 is 0 Å². The first-order valence-corrected chi connectivity index (χ1v) is 6.41. The topological polar surface area (TPSA) is 53.0 Å². The summed E-state index contributed by atoms with van der Waals surface area (Å²) in [6.07, 6.45) is 4.64. The number of rotatable bonds is 6. The maximum Gasteiger partial charge on any atom is 0.0683 e. The minimum absolute atomic E-state index is 0.148. The first-order chi connectivity index (χ1) is 7.57. The summed E-state index contributed by atoms with van der Waals surface area (Å²) in [5.74, 6) is 0.718. The average molecular weight is 223 g/mol. The van der Waals surface area contributed by atoms with E-state index in [1.165, 1.54) is 32.5 Å². The van der Waals surface area contributed by atoms with Crippen LogP contribution in [0.2, 0.25) is 0 Å². The van der Waals surface area contributed by atoms with Crippen molar-refractivity contribution in [2.45, 2.75) is 39.5 Å². The van der Waals surface area contributed by atoms with Gasteiger partial charge in [0.25, 0.3) is 0 Å². The number of nitrogens with two attached hydrogens (primary N) is 1. The number of unbranched alkanes of at least 4 members (excludes halogenated alkanes) is 1. The molecule has 92 valence electrons. The molecule has 1 atom stereocenters. The lowest BCUT2D eigenvalue weighted by atomic mass is 9.89. The number of likely N-dealkylation sites (tertiary alicyclic amines) is 1. The molecule has 0 radical (unpaired) electrons. The molecule has 0 aromatic carbocycles. The second kappa shape index (κ2) is 6.22. The standard InChI is InChI=1S/C13H25N3/c1-13(2,11-15)6-3-4-7-16-8-5-12(9-14)10-16/h12H,3-10,14H2,1-2H3. The summed E-state index contributed by atoms with van der Waals surface area (Å²) in [7, 11) is 0. The molecular formula is C13H25N3. The van der Waals surface area contributed by atoms with Gasteiger partial charge in [-0.25, -0.2) is 0 Å². The molecule has 0 amide bonds. The molecule has 0 aromatic heterocycles. The number of nitrogens with zero attached hydrogens (tertiary/aromatic N) is 2. The van der Waals surface area contributed by atoms with Gasteiger partial charge >= 0.3 is 0 Å². The molecule has 0 bridgehead atoms. The van der Waals surface area contributed by atoms with Gasteiger partial charge in [0.05, 0.1) is 11.5 Å². The molecule has 1 saturated heterocycles. The SMILES string of the molecule is CC(C)(C#N)CCCCN1CCC(CN)C1. The van der Waals surface area contributed by atoms with Crippen molar-refractivity contribution in [2.24, 2.45) is 17.1 Å². The third-order valence-corrected chi connectivity index (χ3v) is 3.53. The molecule has 1 heterocycles. The van der Waals surface area contributed by atoms with Crippen molar-refractivity contribution in [3.05, 3.63) is 0 Å². The van der Waals surface area contributed by atoms with E-state index in [1.807, 2.05) is 13.8 Å². The van der Waals surface area contributed by atoms with Gasteiger partial charge in [-0.2, -0.15) is 5.26 Å². The summed E-state index contributed by atoms with van der Waals surface area (Å²) in [4.78, 5) is 2.51. The molecule has 1 fully saturated rings. The van der Waals surface area contributed by atoms with E-state index in [0.717, 1.165) is 25.3 Å². The minimum atomic E-state index is -0.148. The Balaban J connectivity index is 2.07. The van der Waals surface area contributed by atoms with Crippen molar-refractivity contribution in [3.8, 4) is 6.07 Å². The van der Waals surface area contributed by atoms with E-state index in [1.54, 1.807) is 0 Å². The molecule has 16 heavy (non-hydrogen) atoms. The summed E-state index contributed by atoms with van der Waals surface area (Å²) in [6.45, 7) is 8.44. The number of hydrogen-bond donors (Lipinski definition) is 1. The zero-order valence-electron chi connectivity index (χ0n) is 10.7. The Morgan fingerprint density at radius 3 is 2.75 bits per heavy atom. The fourth-order valence-corrected chi connectivity index (χ4v) is 2.27. The maximum atomic E-state index is 8.90. The van der Waals surface area contributed by atoms with Gasteiger partial charge in [0.1, 0.15) is 0 Å². The highest BCUT2D eigenvalue weighted by Gasteiger charge is 2.21. The maximum absolute atomic E-state index is 8.90. The van der Waals surface area contributed by atoms with Gasteiger partial charge in [0.15, 0.2) is 0 Å². The van der Waals surface area contributed by atoms with Gasteiger partial charge < -0.3 is 10.6 Å². The first-order valence-electron chi connectivity index (χ1n) is 6.41. The van der Waals surface area contributed by atoms with Crippen LogP contribution < -0.4 is 5.73 Å². The van der Waals surface area contributed by atoms with E-state index in [0.29, 0.717) is 0 Å². The zero-order valence-corrected chi connectivity index (χ0v) is 10.7. The Morgan fingerprint density at radius 1 is 1.44 bits per heavy atom. The third-order valence-electron chi connectivity index (χ3n) is 3.53. The van der Waals surface area contributed by atoms with Crippen LogP contribution >= 0.6 is 0 Å². The summed E-state index contributed by atoms with van der Waals surface area (Å²) in [5.41, 5.74) is 5.52. The molecule has 0 aliphatic carbocycles. The Morgan fingerprint density at radius 2 is 2.19 bits per heavy atom. The molecule has 1 aliphatic heterocycles. The lowest BCUT2D eigenvalue weighted by Crippen LogP contribution is -2.24. The summed E-state index contributed by atoms with van der Waals surface area (Å²) in [6, 6.07) is 2.36. The molecule has 1 unspecified atom stereocenters. The summed E-state index contributed by atoms with van der Waals surface area (Å²) in [5, 5.41) is 8.90. The van der Waals surface area contributed by atoms with Crippen LogP contribution in [0.3, 0.4) is 0 Å². The van der Waals surface area contributed by atoms with E-state index in [4.69, 9.17) is 11.0 Å². The highest BCUT2D eigenvalue weighted by Crippen LogP contribution is 2.22. The van der Waals surface area contributed by atoms with Crippen molar-refractivity contribution in [2.75, 3.05) is 26.2 Å². The van der Waals surface area contributed by atoms with Crippen LogP contribution in [0.25, 0.3) is 0 Å². The predicted octanol–water partition coefficient (Wildman–Crippen LogP) is 1.99. The zero-order chi connectivity index (χ0) is 12.0. The average Bonchev–Trinajstić information content (AvgIpc) is 2.72. The van der Waals surface area contributed by atoms with Gasteiger partial charge in [0, 0.05) is 6.54 Å². The summed E-state index contributed by atoms with van der Waals surface area (Å²) < 4.78 is 0. The lowest BCUT2D eigenvalue weighted by Gasteiger charge is -2.18. The Kier molecular flexibility index (Phi) is 5.24. The van der Waals surface area contributed by atoms with Crippen molar-refractivity contribution < 1.29 is 0 Å². The van der Waals surface area contributed by atoms with Gasteiger partial charge in [-0.3, -0.25) is 0 Å². The van der Waals surface area contributed by atoms with Gasteiger partial charge in [-0.1, -0.05) is 6.42 Å². The van der Waals surface area contributed by atoms with Crippen LogP contribution in [0.5, 0.6) is 0 Å². The Labute approximate surface area is 99.6 Å². The molecule has 2 N–H and O–H groups in total. The predicted molar refractivity (Wildman–Crippen MR) is 66.8 cm³/mol. The summed E-state index contributed by atoms with van der Waals surface area (Å²) >= 11 is 0. The molecule has 3 nitrogen and oxygen atoms in total. The first kappa shape index (κ1) is 13.5. The van der Waals surface area contributed by atoms with E-state index in [-0.39, 0.29) is 5.41 Å². The van der Waals surface area contributed by atoms with Gasteiger partial charge in [-0.15, -0.1) is 0 Å². The normalized spacial score (nSPS) is 22.2. The van der Waals surface area contributed by atoms with E-state index in [9.17, 15) is 0 Å². The second-order valence-corrected chi connectivity index (χ2v) is 5.64. The fourth-order valence-electron chi connectivity index (χ4n) is 2.27. The van der Waals surface area contributed by atoms with Crippen molar-refractivity contribution in [3.63, 3.8) is 0 Å². The molecule has 1 rings (SSSR count). The fraction of sp³-hybridized carbons (Fsp3) is 0.923.